The summed E-state index contributed by atoms with van der Waals surface area (Å²) in [4.78, 5) is 11.7. The first-order chi connectivity index (χ1) is 9.01. The summed E-state index contributed by atoms with van der Waals surface area (Å²) in [5.74, 6) is -0.836. The van der Waals surface area contributed by atoms with Crippen molar-refractivity contribution in [3.63, 3.8) is 0 Å². The number of esters is 1. The molecule has 0 amide bonds. The van der Waals surface area contributed by atoms with Crippen LogP contribution >= 0.6 is 0 Å². The molecule has 4 aliphatic rings. The molecule has 0 aromatic heterocycles. The van der Waals surface area contributed by atoms with E-state index in [4.69, 9.17) is 14.2 Å². The topological polar surface area (TPSA) is 44.8 Å². The van der Waals surface area contributed by atoms with Crippen LogP contribution in [0.4, 0.5) is 0 Å². The van der Waals surface area contributed by atoms with Crippen LogP contribution in [0.5, 0.6) is 0 Å². The van der Waals surface area contributed by atoms with Gasteiger partial charge in [0, 0.05) is 17.9 Å². The molecule has 4 heteroatoms. The Morgan fingerprint density at radius 2 is 2.32 bits per heavy atom. The number of carbonyl (C=O) groups is 1. The zero-order valence-corrected chi connectivity index (χ0v) is 10.8. The summed E-state index contributed by atoms with van der Waals surface area (Å²) in [7, 11) is 0. The molecule has 4 rings (SSSR count). The van der Waals surface area contributed by atoms with Gasteiger partial charge in [-0.25, -0.2) is 4.79 Å². The minimum atomic E-state index is -0.642. The van der Waals surface area contributed by atoms with Gasteiger partial charge in [0.05, 0.1) is 6.61 Å². The summed E-state index contributed by atoms with van der Waals surface area (Å²) < 4.78 is 17.4. The minimum absolute atomic E-state index is 0.0730. The number of ether oxygens (including phenoxy) is 3. The average molecular weight is 260 g/mol. The molecule has 0 aromatic carbocycles. The van der Waals surface area contributed by atoms with E-state index in [2.05, 4.69) is 18.7 Å². The van der Waals surface area contributed by atoms with Crippen molar-refractivity contribution >= 4 is 5.97 Å². The van der Waals surface area contributed by atoms with Gasteiger partial charge in [0.25, 0.3) is 0 Å². The number of allylic oxidation sites excluding steroid dienone is 1. The van der Waals surface area contributed by atoms with Gasteiger partial charge in [-0.3, -0.25) is 0 Å². The first kappa shape index (κ1) is 11.4. The summed E-state index contributed by atoms with van der Waals surface area (Å²) >= 11 is 0. The minimum Gasteiger partial charge on any atom is -0.458 e. The van der Waals surface area contributed by atoms with Crippen LogP contribution in [0.2, 0.25) is 0 Å². The Balaban J connectivity index is 1.75. The van der Waals surface area contributed by atoms with Crippen molar-refractivity contribution in [1.29, 1.82) is 0 Å². The van der Waals surface area contributed by atoms with Crippen molar-refractivity contribution in [3.05, 3.63) is 36.0 Å². The summed E-state index contributed by atoms with van der Waals surface area (Å²) in [6, 6.07) is 0. The molecule has 1 spiro atoms. The maximum atomic E-state index is 11.7. The van der Waals surface area contributed by atoms with Crippen molar-refractivity contribution < 1.29 is 19.0 Å². The van der Waals surface area contributed by atoms with E-state index < -0.39 is 11.4 Å². The Morgan fingerprint density at radius 3 is 3.16 bits per heavy atom. The molecule has 2 saturated heterocycles. The van der Waals surface area contributed by atoms with Gasteiger partial charge in [-0.05, 0) is 25.0 Å². The number of hydrogen-bond donors (Lipinski definition) is 0. The fourth-order valence-electron chi connectivity index (χ4n) is 3.52. The van der Waals surface area contributed by atoms with Gasteiger partial charge in [-0.15, -0.1) is 0 Å². The molecule has 0 saturated carbocycles. The highest BCUT2D eigenvalue weighted by Crippen LogP contribution is 2.49. The zero-order chi connectivity index (χ0) is 13.3. The second-order valence-electron chi connectivity index (χ2n) is 5.91. The first-order valence-corrected chi connectivity index (χ1v) is 6.65. The van der Waals surface area contributed by atoms with Crippen molar-refractivity contribution in [2.75, 3.05) is 6.61 Å². The fourth-order valence-corrected chi connectivity index (χ4v) is 3.52. The Bertz CT molecular complexity index is 546. The Morgan fingerprint density at radius 1 is 1.47 bits per heavy atom. The van der Waals surface area contributed by atoms with Gasteiger partial charge in [0.2, 0.25) is 0 Å². The lowest BCUT2D eigenvalue weighted by Gasteiger charge is -2.34. The number of rotatable bonds is 0. The van der Waals surface area contributed by atoms with E-state index in [1.807, 2.05) is 13.0 Å². The zero-order valence-electron chi connectivity index (χ0n) is 10.8. The molecule has 4 atom stereocenters. The smallest absolute Gasteiger partial charge is 0.334 e. The fraction of sp³-hybridized carbons (Fsp3) is 0.533. The van der Waals surface area contributed by atoms with Gasteiger partial charge in [-0.2, -0.15) is 0 Å². The number of fused-ring (bicyclic) bond motifs is 2. The molecular formula is C15H16O4. The molecule has 3 heterocycles. The molecule has 4 nitrogen and oxygen atoms in total. The van der Waals surface area contributed by atoms with Crippen LogP contribution in [0, 0.1) is 5.92 Å². The van der Waals surface area contributed by atoms with Gasteiger partial charge in [-0.1, -0.05) is 18.7 Å². The summed E-state index contributed by atoms with van der Waals surface area (Å²) in [6.45, 7) is 6.28. The summed E-state index contributed by atoms with van der Waals surface area (Å²) in [5.41, 5.74) is 1.26. The number of hydrogen-bond acceptors (Lipinski definition) is 4. The third kappa shape index (κ3) is 1.44. The maximum Gasteiger partial charge on any atom is 0.334 e. The quantitative estimate of drug-likeness (QED) is 0.493. The Labute approximate surface area is 111 Å². The molecule has 2 fully saturated rings. The van der Waals surface area contributed by atoms with Gasteiger partial charge in [0.1, 0.15) is 11.7 Å². The van der Waals surface area contributed by atoms with E-state index in [0.29, 0.717) is 18.6 Å². The van der Waals surface area contributed by atoms with Crippen LogP contribution < -0.4 is 0 Å². The predicted octanol–water partition coefficient (Wildman–Crippen LogP) is 1.88. The molecule has 19 heavy (non-hydrogen) atoms. The van der Waals surface area contributed by atoms with Crippen LogP contribution in [-0.4, -0.2) is 30.1 Å². The van der Waals surface area contributed by atoms with Crippen LogP contribution in [-0.2, 0) is 19.0 Å². The summed E-state index contributed by atoms with van der Waals surface area (Å²) in [6.07, 6.45) is 7.45. The van der Waals surface area contributed by atoms with Crippen LogP contribution in [0.1, 0.15) is 19.8 Å². The van der Waals surface area contributed by atoms with E-state index >= 15 is 0 Å². The monoisotopic (exact) mass is 260 g/mol. The molecular weight excluding hydrogens is 244 g/mol. The second kappa shape index (κ2) is 3.38. The molecule has 0 radical (unpaired) electrons. The van der Waals surface area contributed by atoms with Gasteiger partial charge in [0.15, 0.2) is 5.79 Å². The van der Waals surface area contributed by atoms with Gasteiger partial charge < -0.3 is 14.2 Å². The second-order valence-corrected chi connectivity index (χ2v) is 5.91. The Hall–Kier alpha value is -1.39. The molecule has 100 valence electrons. The lowest BCUT2D eigenvalue weighted by Crippen LogP contribution is -2.41. The lowest BCUT2D eigenvalue weighted by atomic mass is 9.86. The van der Waals surface area contributed by atoms with Crippen molar-refractivity contribution in [3.8, 4) is 0 Å². The van der Waals surface area contributed by atoms with E-state index in [0.717, 1.165) is 12.0 Å². The van der Waals surface area contributed by atoms with Crippen molar-refractivity contribution in [1.82, 2.24) is 0 Å². The van der Waals surface area contributed by atoms with Crippen molar-refractivity contribution in [2.45, 2.75) is 37.3 Å². The number of carbonyl (C=O) groups excluding carboxylic acids is 1. The SMILES string of the molecule is C=C1C(=O)O[C@@H]2C[C@@]34CO[C@@](C)(C=CC3=CC[C@@H]12)O4. The maximum absolute atomic E-state index is 11.7. The normalized spacial score (nSPS) is 47.3. The third-order valence-electron chi connectivity index (χ3n) is 4.62. The molecule has 0 N–H and O–H groups in total. The van der Waals surface area contributed by atoms with Gasteiger partial charge >= 0.3 is 5.97 Å². The molecule has 1 aliphatic carbocycles. The highest BCUT2D eigenvalue weighted by atomic mass is 16.8. The van der Waals surface area contributed by atoms with E-state index in [-0.39, 0.29) is 18.0 Å². The predicted molar refractivity (Wildman–Crippen MR) is 67.1 cm³/mol. The largest absolute Gasteiger partial charge is 0.458 e. The molecule has 0 aromatic rings. The van der Waals surface area contributed by atoms with Crippen molar-refractivity contribution in [2.24, 2.45) is 5.92 Å². The van der Waals surface area contributed by atoms with Crippen LogP contribution in [0.25, 0.3) is 0 Å². The standard InChI is InChI=1S/C15H16O4/c1-9-11-4-3-10-5-6-14(2)17-8-15(10,19-14)7-12(11)18-13(9)16/h3,5-6,11-12H,1,4,7-8H2,2H3/t11-,12+,14+,15+/m0/s1. The average Bonchev–Trinajstić information content (AvgIpc) is 2.71. The highest BCUT2D eigenvalue weighted by Gasteiger charge is 2.55. The first-order valence-electron chi connectivity index (χ1n) is 6.65. The van der Waals surface area contributed by atoms with Crippen LogP contribution in [0.3, 0.4) is 0 Å². The lowest BCUT2D eigenvalue weighted by molar-refractivity contribution is -0.149. The van der Waals surface area contributed by atoms with E-state index in [9.17, 15) is 4.79 Å². The highest BCUT2D eigenvalue weighted by molar-refractivity contribution is 5.90. The van der Waals surface area contributed by atoms with E-state index in [1.165, 1.54) is 0 Å². The Kier molecular flexibility index (Phi) is 2.03. The molecule has 2 bridgehead atoms. The molecule has 0 unspecified atom stereocenters. The van der Waals surface area contributed by atoms with Crippen LogP contribution in [0.15, 0.2) is 36.0 Å². The third-order valence-corrected chi connectivity index (χ3v) is 4.62. The van der Waals surface area contributed by atoms with E-state index in [1.54, 1.807) is 0 Å². The molecule has 3 aliphatic heterocycles. The summed E-state index contributed by atoms with van der Waals surface area (Å²) in [5, 5.41) is 0.